The highest BCUT2D eigenvalue weighted by Crippen LogP contribution is 2.38. The van der Waals surface area contributed by atoms with Crippen LogP contribution in [0.25, 0.3) is 0 Å². The summed E-state index contributed by atoms with van der Waals surface area (Å²) in [6, 6.07) is 11.3. The second kappa shape index (κ2) is 10.4. The summed E-state index contributed by atoms with van der Waals surface area (Å²) in [6.45, 7) is 1.40. The fourth-order valence-electron chi connectivity index (χ4n) is 3.23. The number of halogens is 1. The van der Waals surface area contributed by atoms with Gasteiger partial charge in [-0.25, -0.2) is 9.59 Å². The standard InChI is InChI=1S/C22H22IN3O6/c1-12-18(21(28)31-3)19(26-22(29)24-12)13-9-15(23)20(16(10-13)30-2)32-11-17(27)25-14-7-5-4-6-8-14/h4-10,19H,11H2,1-3H3,(H,25,27)(H2,24,26,29). The number of nitrogens with one attached hydrogen (secondary N) is 3. The summed E-state index contributed by atoms with van der Waals surface area (Å²) in [4.78, 5) is 36.6. The predicted octanol–water partition coefficient (Wildman–Crippen LogP) is 3.12. The fourth-order valence-corrected chi connectivity index (χ4v) is 4.01. The third-order valence-electron chi connectivity index (χ3n) is 4.66. The van der Waals surface area contributed by atoms with Crippen molar-refractivity contribution in [3.05, 3.63) is 62.9 Å². The van der Waals surface area contributed by atoms with E-state index in [9.17, 15) is 14.4 Å². The zero-order chi connectivity index (χ0) is 23.3. The lowest BCUT2D eigenvalue weighted by Crippen LogP contribution is -2.45. The van der Waals surface area contributed by atoms with Crippen LogP contribution in [0.15, 0.2) is 53.7 Å². The van der Waals surface area contributed by atoms with Gasteiger partial charge in [0, 0.05) is 11.4 Å². The van der Waals surface area contributed by atoms with Crippen LogP contribution in [-0.4, -0.2) is 38.7 Å². The van der Waals surface area contributed by atoms with Gasteiger partial charge in [0.05, 0.1) is 29.4 Å². The van der Waals surface area contributed by atoms with Gasteiger partial charge >= 0.3 is 12.0 Å². The lowest BCUT2D eigenvalue weighted by molar-refractivity contribution is -0.136. The van der Waals surface area contributed by atoms with Crippen LogP contribution in [0.4, 0.5) is 10.5 Å². The Morgan fingerprint density at radius 2 is 1.88 bits per heavy atom. The van der Waals surface area contributed by atoms with Gasteiger partial charge in [0.25, 0.3) is 5.91 Å². The number of hydrogen-bond acceptors (Lipinski definition) is 6. The molecule has 9 nitrogen and oxygen atoms in total. The first-order valence-electron chi connectivity index (χ1n) is 9.55. The van der Waals surface area contributed by atoms with Crippen molar-refractivity contribution in [2.75, 3.05) is 26.1 Å². The number of carbonyl (C=O) groups excluding carboxylic acids is 3. The number of allylic oxidation sites excluding steroid dienone is 1. The van der Waals surface area contributed by atoms with E-state index in [2.05, 4.69) is 16.0 Å². The number of hydrogen-bond donors (Lipinski definition) is 3. The lowest BCUT2D eigenvalue weighted by Gasteiger charge is -2.28. The Hall–Kier alpha value is -3.28. The Bertz CT molecular complexity index is 1070. The van der Waals surface area contributed by atoms with E-state index in [1.54, 1.807) is 31.2 Å². The summed E-state index contributed by atoms with van der Waals surface area (Å²) in [5.41, 5.74) is 1.94. The molecule has 1 aliphatic heterocycles. The highest BCUT2D eigenvalue weighted by molar-refractivity contribution is 14.1. The van der Waals surface area contributed by atoms with Gasteiger partial charge in [0.15, 0.2) is 18.1 Å². The molecule has 0 aromatic heterocycles. The lowest BCUT2D eigenvalue weighted by atomic mass is 9.95. The van der Waals surface area contributed by atoms with Gasteiger partial charge in [0.1, 0.15) is 0 Å². The molecule has 0 fully saturated rings. The van der Waals surface area contributed by atoms with Crippen LogP contribution in [0, 0.1) is 3.57 Å². The van der Waals surface area contributed by atoms with Crippen LogP contribution in [0.5, 0.6) is 11.5 Å². The molecule has 0 saturated heterocycles. The molecule has 3 rings (SSSR count). The van der Waals surface area contributed by atoms with E-state index in [0.29, 0.717) is 32.0 Å². The quantitative estimate of drug-likeness (QED) is 0.360. The summed E-state index contributed by atoms with van der Waals surface area (Å²) < 4.78 is 16.7. The van der Waals surface area contributed by atoms with Crippen molar-refractivity contribution >= 4 is 46.2 Å². The number of urea groups is 1. The number of rotatable bonds is 7. The van der Waals surface area contributed by atoms with Crippen LogP contribution >= 0.6 is 22.6 Å². The van der Waals surface area contributed by atoms with E-state index < -0.39 is 18.0 Å². The molecule has 2 aromatic rings. The van der Waals surface area contributed by atoms with Crippen molar-refractivity contribution in [1.82, 2.24) is 10.6 Å². The molecule has 1 heterocycles. The highest BCUT2D eigenvalue weighted by atomic mass is 127. The molecule has 168 valence electrons. The zero-order valence-corrected chi connectivity index (χ0v) is 19.8. The largest absolute Gasteiger partial charge is 0.493 e. The number of benzene rings is 2. The molecule has 10 heteroatoms. The Morgan fingerprint density at radius 3 is 2.53 bits per heavy atom. The van der Waals surface area contributed by atoms with Gasteiger partial charge in [-0.2, -0.15) is 0 Å². The van der Waals surface area contributed by atoms with Crippen LogP contribution in [-0.2, 0) is 14.3 Å². The average Bonchev–Trinajstić information content (AvgIpc) is 2.77. The molecular weight excluding hydrogens is 529 g/mol. The number of methoxy groups -OCH3 is 2. The minimum atomic E-state index is -0.742. The van der Waals surface area contributed by atoms with Crippen molar-refractivity contribution in [2.45, 2.75) is 13.0 Å². The van der Waals surface area contributed by atoms with Crippen LogP contribution in [0.3, 0.4) is 0 Å². The third kappa shape index (κ3) is 5.31. The van der Waals surface area contributed by atoms with Gasteiger partial charge in [-0.05, 0) is 59.3 Å². The number of ether oxygens (including phenoxy) is 3. The van der Waals surface area contributed by atoms with E-state index in [1.807, 2.05) is 40.8 Å². The van der Waals surface area contributed by atoms with Gasteiger partial charge in [-0.3, -0.25) is 4.79 Å². The first kappa shape index (κ1) is 23.4. The molecule has 0 bridgehead atoms. The first-order chi connectivity index (χ1) is 15.3. The molecule has 0 spiro atoms. The summed E-state index contributed by atoms with van der Waals surface area (Å²) in [5, 5.41) is 8.06. The minimum Gasteiger partial charge on any atom is -0.493 e. The van der Waals surface area contributed by atoms with Crippen molar-refractivity contribution in [3.8, 4) is 11.5 Å². The van der Waals surface area contributed by atoms with E-state index in [-0.39, 0.29) is 18.1 Å². The summed E-state index contributed by atoms with van der Waals surface area (Å²) in [6.07, 6.45) is 0. The maximum atomic E-state index is 12.3. The predicted molar refractivity (Wildman–Crippen MR) is 125 cm³/mol. The van der Waals surface area contributed by atoms with Crippen molar-refractivity contribution in [2.24, 2.45) is 0 Å². The molecule has 1 unspecified atom stereocenters. The van der Waals surface area contributed by atoms with E-state index in [4.69, 9.17) is 14.2 Å². The van der Waals surface area contributed by atoms with E-state index in [1.165, 1.54) is 14.2 Å². The van der Waals surface area contributed by atoms with Crippen molar-refractivity contribution < 1.29 is 28.6 Å². The van der Waals surface area contributed by atoms with Crippen LogP contribution in [0.2, 0.25) is 0 Å². The fraction of sp³-hybridized carbons (Fsp3) is 0.227. The first-order valence-corrected chi connectivity index (χ1v) is 10.6. The van der Waals surface area contributed by atoms with Gasteiger partial charge in [-0.15, -0.1) is 0 Å². The Balaban J connectivity index is 1.84. The van der Waals surface area contributed by atoms with E-state index >= 15 is 0 Å². The Labute approximate surface area is 198 Å². The molecule has 1 aliphatic rings. The number of amides is 3. The second-order valence-corrected chi connectivity index (χ2v) is 7.96. The third-order valence-corrected chi connectivity index (χ3v) is 5.47. The van der Waals surface area contributed by atoms with Crippen molar-refractivity contribution in [3.63, 3.8) is 0 Å². The maximum absolute atomic E-state index is 12.3. The molecule has 2 aromatic carbocycles. The SMILES string of the molecule is COC(=O)C1=C(C)NC(=O)NC1c1cc(I)c(OCC(=O)Nc2ccccc2)c(OC)c1. The van der Waals surface area contributed by atoms with E-state index in [0.717, 1.165) is 0 Å². The second-order valence-electron chi connectivity index (χ2n) is 6.80. The normalized spacial score (nSPS) is 15.4. The number of esters is 1. The zero-order valence-electron chi connectivity index (χ0n) is 17.7. The van der Waals surface area contributed by atoms with Gasteiger partial charge < -0.3 is 30.2 Å². The maximum Gasteiger partial charge on any atom is 0.337 e. The molecule has 0 saturated carbocycles. The molecule has 0 aliphatic carbocycles. The number of carbonyl (C=O) groups is 3. The van der Waals surface area contributed by atoms with Crippen LogP contribution in [0.1, 0.15) is 18.5 Å². The molecule has 0 radical (unpaired) electrons. The summed E-state index contributed by atoms with van der Waals surface area (Å²) in [5.74, 6) is -0.156. The minimum absolute atomic E-state index is 0.225. The Kier molecular flexibility index (Phi) is 7.57. The highest BCUT2D eigenvalue weighted by Gasteiger charge is 2.33. The molecule has 3 amide bonds. The van der Waals surface area contributed by atoms with Gasteiger partial charge in [0.2, 0.25) is 0 Å². The van der Waals surface area contributed by atoms with Crippen molar-refractivity contribution in [1.29, 1.82) is 0 Å². The monoisotopic (exact) mass is 551 g/mol. The molecular formula is C22H22IN3O6. The summed E-state index contributed by atoms with van der Waals surface area (Å²) >= 11 is 2.05. The molecule has 1 atom stereocenters. The average molecular weight is 551 g/mol. The topological polar surface area (TPSA) is 115 Å². The smallest absolute Gasteiger partial charge is 0.337 e. The Morgan fingerprint density at radius 1 is 1.16 bits per heavy atom. The van der Waals surface area contributed by atoms with Gasteiger partial charge in [-0.1, -0.05) is 18.2 Å². The van der Waals surface area contributed by atoms with Crippen LogP contribution < -0.4 is 25.4 Å². The summed E-state index contributed by atoms with van der Waals surface area (Å²) in [7, 11) is 2.74. The molecule has 3 N–H and O–H groups in total. The number of para-hydroxylation sites is 1. The molecule has 32 heavy (non-hydrogen) atoms. The number of anilines is 1.